The molecule has 1 heterocycles. The van der Waals surface area contributed by atoms with Crippen LogP contribution in [0.4, 0.5) is 0 Å². The maximum atomic E-state index is 11.3. The van der Waals surface area contributed by atoms with Crippen molar-refractivity contribution in [1.82, 2.24) is 9.88 Å². The van der Waals surface area contributed by atoms with Crippen molar-refractivity contribution in [2.24, 2.45) is 0 Å². The number of aryl methyl sites for hydroxylation is 1. The van der Waals surface area contributed by atoms with E-state index in [0.717, 1.165) is 25.1 Å². The molecule has 20 heavy (non-hydrogen) atoms. The van der Waals surface area contributed by atoms with E-state index in [9.17, 15) is 9.59 Å². The van der Waals surface area contributed by atoms with Crippen LogP contribution >= 0.6 is 0 Å². The van der Waals surface area contributed by atoms with Crippen LogP contribution < -0.4 is 5.32 Å². The number of benzene rings is 1. The van der Waals surface area contributed by atoms with Gasteiger partial charge in [-0.15, -0.1) is 0 Å². The topological polar surface area (TPSA) is 71.3 Å². The highest BCUT2D eigenvalue weighted by Crippen LogP contribution is 2.15. The fourth-order valence-corrected chi connectivity index (χ4v) is 2.00. The summed E-state index contributed by atoms with van der Waals surface area (Å²) < 4.78 is 2.13. The largest absolute Gasteiger partial charge is 0.478 e. The lowest BCUT2D eigenvalue weighted by Crippen LogP contribution is -2.23. The lowest BCUT2D eigenvalue weighted by atomic mass is 10.2. The van der Waals surface area contributed by atoms with E-state index in [2.05, 4.69) is 28.1 Å². The summed E-state index contributed by atoms with van der Waals surface area (Å²) in [4.78, 5) is 21.5. The van der Waals surface area contributed by atoms with Gasteiger partial charge in [-0.2, -0.15) is 0 Å². The zero-order valence-electron chi connectivity index (χ0n) is 11.0. The normalized spacial score (nSPS) is 11.0. The van der Waals surface area contributed by atoms with Crippen molar-refractivity contribution in [3.8, 4) is 0 Å². The van der Waals surface area contributed by atoms with Crippen molar-refractivity contribution in [3.05, 3.63) is 48.7 Å². The SMILES string of the molecule is O=C(O)/C=C/C(=O)NCCCn1ccc2ccccc21. The quantitative estimate of drug-likeness (QED) is 0.622. The molecular formula is C15H16N2O3. The van der Waals surface area contributed by atoms with Crippen LogP contribution in [0.25, 0.3) is 10.9 Å². The molecule has 2 aromatic rings. The zero-order chi connectivity index (χ0) is 14.4. The van der Waals surface area contributed by atoms with Crippen molar-refractivity contribution >= 4 is 22.8 Å². The highest BCUT2D eigenvalue weighted by Gasteiger charge is 2.00. The average Bonchev–Trinajstić information content (AvgIpc) is 2.85. The predicted octanol–water partition coefficient (Wildman–Crippen LogP) is 1.79. The van der Waals surface area contributed by atoms with Crippen LogP contribution in [0.3, 0.4) is 0 Å². The lowest BCUT2D eigenvalue weighted by molar-refractivity contribution is -0.131. The van der Waals surface area contributed by atoms with Crippen LogP contribution in [-0.4, -0.2) is 28.1 Å². The summed E-state index contributed by atoms with van der Waals surface area (Å²) >= 11 is 0. The molecule has 0 unspecified atom stereocenters. The van der Waals surface area contributed by atoms with Gasteiger partial charge in [0.05, 0.1) is 0 Å². The number of carbonyl (C=O) groups excluding carboxylic acids is 1. The number of carboxylic acid groups (broad SMARTS) is 1. The molecule has 0 spiro atoms. The molecule has 104 valence electrons. The first kappa shape index (κ1) is 13.9. The molecule has 1 aromatic heterocycles. The average molecular weight is 272 g/mol. The molecule has 0 aliphatic carbocycles. The molecule has 2 rings (SSSR count). The van der Waals surface area contributed by atoms with Gasteiger partial charge in [-0.3, -0.25) is 4.79 Å². The van der Waals surface area contributed by atoms with Crippen LogP contribution in [-0.2, 0) is 16.1 Å². The maximum absolute atomic E-state index is 11.3. The first-order chi connectivity index (χ1) is 9.66. The minimum absolute atomic E-state index is 0.384. The number of fused-ring (bicyclic) bond motifs is 1. The minimum Gasteiger partial charge on any atom is -0.478 e. The van der Waals surface area contributed by atoms with Gasteiger partial charge in [-0.05, 0) is 23.9 Å². The van der Waals surface area contributed by atoms with Crippen molar-refractivity contribution in [1.29, 1.82) is 0 Å². The number of hydrogen-bond acceptors (Lipinski definition) is 2. The summed E-state index contributed by atoms with van der Waals surface area (Å²) in [7, 11) is 0. The van der Waals surface area contributed by atoms with E-state index in [4.69, 9.17) is 5.11 Å². The Morgan fingerprint density at radius 1 is 1.20 bits per heavy atom. The minimum atomic E-state index is -1.13. The second-order valence-electron chi connectivity index (χ2n) is 4.38. The molecule has 0 radical (unpaired) electrons. The molecule has 5 heteroatoms. The Hall–Kier alpha value is -2.56. The zero-order valence-corrected chi connectivity index (χ0v) is 11.0. The van der Waals surface area contributed by atoms with Gasteiger partial charge < -0.3 is 15.0 Å². The van der Waals surface area contributed by atoms with Gasteiger partial charge >= 0.3 is 5.97 Å². The molecule has 0 fully saturated rings. The van der Waals surface area contributed by atoms with E-state index in [-0.39, 0.29) is 5.91 Å². The van der Waals surface area contributed by atoms with Crippen molar-refractivity contribution in [2.75, 3.05) is 6.54 Å². The van der Waals surface area contributed by atoms with Crippen LogP contribution in [0.5, 0.6) is 0 Å². The summed E-state index contributed by atoms with van der Waals surface area (Å²) in [5.74, 6) is -1.51. The smallest absolute Gasteiger partial charge is 0.328 e. The standard InChI is InChI=1S/C15H16N2O3/c18-14(6-7-15(19)20)16-9-3-10-17-11-8-12-4-1-2-5-13(12)17/h1-2,4-8,11H,3,9-10H2,(H,16,18)(H,19,20)/b7-6+. The Morgan fingerprint density at radius 3 is 2.80 bits per heavy atom. The second kappa shape index (κ2) is 6.56. The van der Waals surface area contributed by atoms with E-state index >= 15 is 0 Å². The van der Waals surface area contributed by atoms with Crippen LogP contribution in [0.2, 0.25) is 0 Å². The molecule has 0 atom stereocenters. The third-order valence-electron chi connectivity index (χ3n) is 2.93. The Bertz CT molecular complexity index is 643. The summed E-state index contributed by atoms with van der Waals surface area (Å²) in [6.07, 6.45) is 4.66. The number of nitrogens with one attached hydrogen (secondary N) is 1. The van der Waals surface area contributed by atoms with Crippen molar-refractivity contribution in [2.45, 2.75) is 13.0 Å². The monoisotopic (exact) mass is 272 g/mol. The Kier molecular flexibility index (Phi) is 4.55. The van der Waals surface area contributed by atoms with Gasteiger partial charge in [0.25, 0.3) is 0 Å². The first-order valence-corrected chi connectivity index (χ1v) is 6.39. The van der Waals surface area contributed by atoms with Gasteiger partial charge in [-0.25, -0.2) is 4.79 Å². The molecule has 0 saturated heterocycles. The number of carbonyl (C=O) groups is 2. The molecular weight excluding hydrogens is 256 g/mol. The molecule has 0 bridgehead atoms. The molecule has 5 nitrogen and oxygen atoms in total. The number of rotatable bonds is 6. The molecule has 1 aromatic carbocycles. The maximum Gasteiger partial charge on any atom is 0.328 e. The number of aromatic nitrogens is 1. The third-order valence-corrected chi connectivity index (χ3v) is 2.93. The van der Waals surface area contributed by atoms with E-state index in [1.54, 1.807) is 0 Å². The highest BCUT2D eigenvalue weighted by atomic mass is 16.4. The van der Waals surface area contributed by atoms with E-state index in [1.165, 1.54) is 10.9 Å². The number of aliphatic carboxylic acids is 1. The number of nitrogens with zero attached hydrogens (tertiary/aromatic N) is 1. The summed E-state index contributed by atoms with van der Waals surface area (Å²) in [5.41, 5.74) is 1.17. The third kappa shape index (κ3) is 3.71. The number of hydrogen-bond donors (Lipinski definition) is 2. The Balaban J connectivity index is 1.79. The van der Waals surface area contributed by atoms with Gasteiger partial charge in [0.15, 0.2) is 0 Å². The van der Waals surface area contributed by atoms with Crippen LogP contribution in [0.1, 0.15) is 6.42 Å². The van der Waals surface area contributed by atoms with Crippen LogP contribution in [0, 0.1) is 0 Å². The number of carboxylic acids is 1. The summed E-state index contributed by atoms with van der Waals surface area (Å²) in [6.45, 7) is 1.31. The molecule has 0 saturated carbocycles. The van der Waals surface area contributed by atoms with E-state index in [1.807, 2.05) is 18.3 Å². The second-order valence-corrected chi connectivity index (χ2v) is 4.38. The number of para-hydroxylation sites is 1. The highest BCUT2D eigenvalue weighted by molar-refractivity contribution is 5.93. The Labute approximate surface area is 116 Å². The number of amides is 1. The molecule has 1 amide bonds. The fourth-order valence-electron chi connectivity index (χ4n) is 2.00. The van der Waals surface area contributed by atoms with Gasteiger partial charge in [-0.1, -0.05) is 18.2 Å². The van der Waals surface area contributed by atoms with E-state index in [0.29, 0.717) is 6.54 Å². The lowest BCUT2D eigenvalue weighted by Gasteiger charge is -2.06. The summed E-state index contributed by atoms with van der Waals surface area (Å²) in [6, 6.07) is 10.2. The Morgan fingerprint density at radius 2 is 2.00 bits per heavy atom. The van der Waals surface area contributed by atoms with Crippen LogP contribution in [0.15, 0.2) is 48.7 Å². The van der Waals surface area contributed by atoms with Crippen molar-refractivity contribution < 1.29 is 14.7 Å². The van der Waals surface area contributed by atoms with Crippen molar-refractivity contribution in [3.63, 3.8) is 0 Å². The fraction of sp³-hybridized carbons (Fsp3) is 0.200. The molecule has 0 aliphatic rings. The van der Waals surface area contributed by atoms with E-state index < -0.39 is 5.97 Å². The predicted molar refractivity (Wildman–Crippen MR) is 76.3 cm³/mol. The summed E-state index contributed by atoms with van der Waals surface area (Å²) in [5, 5.41) is 12.2. The van der Waals surface area contributed by atoms with Gasteiger partial charge in [0.2, 0.25) is 5.91 Å². The molecule has 0 aliphatic heterocycles. The van der Waals surface area contributed by atoms with Gasteiger partial charge in [0, 0.05) is 37.0 Å². The first-order valence-electron chi connectivity index (χ1n) is 6.39. The molecule has 2 N–H and O–H groups in total. The van der Waals surface area contributed by atoms with Gasteiger partial charge in [0.1, 0.15) is 0 Å².